The summed E-state index contributed by atoms with van der Waals surface area (Å²) in [6, 6.07) is 10.5. The van der Waals surface area contributed by atoms with Crippen LogP contribution in [0.2, 0.25) is 0 Å². The van der Waals surface area contributed by atoms with Crippen LogP contribution in [0, 0.1) is 17.0 Å². The highest BCUT2D eigenvalue weighted by molar-refractivity contribution is 5.92. The largest absolute Gasteiger partial charge is 0.484 e. The number of fused-ring (bicyclic) bond motifs is 1. The molecule has 0 saturated heterocycles. The van der Waals surface area contributed by atoms with Gasteiger partial charge >= 0.3 is 0 Å². The molecule has 1 amide bonds. The van der Waals surface area contributed by atoms with Crippen LogP contribution >= 0.6 is 0 Å². The molecule has 124 valence electrons. The number of carbonyl (C=O) groups is 1. The first kappa shape index (κ1) is 16.0. The number of aryl methyl sites for hydroxylation is 3. The van der Waals surface area contributed by atoms with Crippen molar-refractivity contribution in [1.29, 1.82) is 0 Å². The van der Waals surface area contributed by atoms with Gasteiger partial charge in [-0.3, -0.25) is 14.9 Å². The Labute approximate surface area is 139 Å². The van der Waals surface area contributed by atoms with Gasteiger partial charge in [-0.1, -0.05) is 12.1 Å². The highest BCUT2D eigenvalue weighted by Crippen LogP contribution is 2.26. The number of benzene rings is 2. The molecule has 0 fully saturated rings. The molecule has 0 aliphatic heterocycles. The van der Waals surface area contributed by atoms with E-state index >= 15 is 0 Å². The van der Waals surface area contributed by atoms with Gasteiger partial charge in [-0.25, -0.2) is 0 Å². The maximum Gasteiger partial charge on any atom is 0.274 e. The lowest BCUT2D eigenvalue weighted by Gasteiger charge is -2.09. The van der Waals surface area contributed by atoms with E-state index in [1.807, 2.05) is 18.2 Å². The molecule has 0 atom stereocenters. The monoisotopic (exact) mass is 326 g/mol. The van der Waals surface area contributed by atoms with Crippen molar-refractivity contribution in [2.45, 2.75) is 26.2 Å². The molecular formula is C18H18N2O4. The number of anilines is 1. The van der Waals surface area contributed by atoms with Gasteiger partial charge in [0.25, 0.3) is 11.6 Å². The van der Waals surface area contributed by atoms with E-state index in [2.05, 4.69) is 5.32 Å². The van der Waals surface area contributed by atoms with E-state index < -0.39 is 4.92 Å². The molecule has 6 nitrogen and oxygen atoms in total. The zero-order valence-corrected chi connectivity index (χ0v) is 13.4. The Bertz CT molecular complexity index is 802. The molecule has 0 radical (unpaired) electrons. The lowest BCUT2D eigenvalue weighted by atomic mass is 10.1. The van der Waals surface area contributed by atoms with Crippen molar-refractivity contribution in [2.75, 3.05) is 11.9 Å². The van der Waals surface area contributed by atoms with Crippen LogP contribution in [0.1, 0.15) is 23.1 Å². The number of hydrogen-bond donors (Lipinski definition) is 1. The SMILES string of the molecule is Cc1ccc(NC(=O)COc2ccc3c(c2)CCC3)cc1[N+](=O)[O-]. The molecule has 0 heterocycles. The summed E-state index contributed by atoms with van der Waals surface area (Å²) >= 11 is 0. The fraction of sp³-hybridized carbons (Fsp3) is 0.278. The van der Waals surface area contributed by atoms with Gasteiger partial charge in [-0.05, 0) is 55.5 Å². The van der Waals surface area contributed by atoms with E-state index in [4.69, 9.17) is 4.74 Å². The van der Waals surface area contributed by atoms with E-state index in [0.717, 1.165) is 19.3 Å². The van der Waals surface area contributed by atoms with Crippen LogP contribution in [-0.2, 0) is 17.6 Å². The second-order valence-corrected chi connectivity index (χ2v) is 5.88. The maximum absolute atomic E-state index is 12.0. The third kappa shape index (κ3) is 3.53. The Morgan fingerprint density at radius 1 is 1.21 bits per heavy atom. The van der Waals surface area contributed by atoms with Crippen molar-refractivity contribution in [3.8, 4) is 5.75 Å². The average Bonchev–Trinajstić information content (AvgIpc) is 3.02. The summed E-state index contributed by atoms with van der Waals surface area (Å²) < 4.78 is 5.52. The Balaban J connectivity index is 1.60. The molecule has 1 N–H and O–H groups in total. The van der Waals surface area contributed by atoms with Gasteiger partial charge in [0.05, 0.1) is 4.92 Å². The molecule has 2 aromatic carbocycles. The number of carbonyl (C=O) groups excluding carboxylic acids is 1. The molecule has 0 saturated carbocycles. The minimum atomic E-state index is -0.466. The number of amides is 1. The summed E-state index contributed by atoms with van der Waals surface area (Å²) in [5.74, 6) is 0.314. The highest BCUT2D eigenvalue weighted by Gasteiger charge is 2.14. The van der Waals surface area contributed by atoms with Gasteiger partial charge in [-0.2, -0.15) is 0 Å². The fourth-order valence-electron chi connectivity index (χ4n) is 2.87. The van der Waals surface area contributed by atoms with Crippen LogP contribution in [-0.4, -0.2) is 17.4 Å². The highest BCUT2D eigenvalue weighted by atomic mass is 16.6. The quantitative estimate of drug-likeness (QED) is 0.674. The van der Waals surface area contributed by atoms with Gasteiger partial charge in [0.2, 0.25) is 0 Å². The standard InChI is InChI=1S/C18H18N2O4/c1-12-5-7-15(10-17(12)20(22)23)19-18(21)11-24-16-8-6-13-3-2-4-14(13)9-16/h5-10H,2-4,11H2,1H3,(H,19,21). The molecule has 3 rings (SSSR count). The fourth-order valence-corrected chi connectivity index (χ4v) is 2.87. The van der Waals surface area contributed by atoms with Crippen LogP contribution in [0.5, 0.6) is 5.75 Å². The number of nitro benzene ring substituents is 1. The third-order valence-corrected chi connectivity index (χ3v) is 4.13. The van der Waals surface area contributed by atoms with Crippen LogP contribution in [0.15, 0.2) is 36.4 Å². The van der Waals surface area contributed by atoms with Crippen molar-refractivity contribution in [3.63, 3.8) is 0 Å². The molecule has 0 spiro atoms. The number of hydrogen-bond acceptors (Lipinski definition) is 4. The first-order chi connectivity index (χ1) is 11.5. The number of ether oxygens (including phenoxy) is 1. The minimum Gasteiger partial charge on any atom is -0.484 e. The average molecular weight is 326 g/mol. The molecule has 1 aliphatic carbocycles. The minimum absolute atomic E-state index is 0.0210. The molecule has 24 heavy (non-hydrogen) atoms. The summed E-state index contributed by atoms with van der Waals surface area (Å²) in [7, 11) is 0. The van der Waals surface area contributed by atoms with Crippen molar-refractivity contribution in [2.24, 2.45) is 0 Å². The molecule has 1 aliphatic rings. The lowest BCUT2D eigenvalue weighted by Crippen LogP contribution is -2.20. The Morgan fingerprint density at radius 2 is 2.00 bits per heavy atom. The van der Waals surface area contributed by atoms with Crippen molar-refractivity contribution < 1.29 is 14.5 Å². The summed E-state index contributed by atoms with van der Waals surface area (Å²) in [5.41, 5.74) is 3.54. The van der Waals surface area contributed by atoms with E-state index in [9.17, 15) is 14.9 Å². The van der Waals surface area contributed by atoms with Crippen molar-refractivity contribution in [3.05, 3.63) is 63.2 Å². The number of rotatable bonds is 5. The van der Waals surface area contributed by atoms with Gasteiger partial charge in [0, 0.05) is 17.3 Å². The summed E-state index contributed by atoms with van der Waals surface area (Å²) in [5, 5.41) is 13.6. The smallest absolute Gasteiger partial charge is 0.274 e. The lowest BCUT2D eigenvalue weighted by molar-refractivity contribution is -0.385. The second-order valence-electron chi connectivity index (χ2n) is 5.88. The van der Waals surface area contributed by atoms with Crippen LogP contribution in [0.3, 0.4) is 0 Å². The van der Waals surface area contributed by atoms with Crippen LogP contribution in [0.25, 0.3) is 0 Å². The van der Waals surface area contributed by atoms with E-state index in [0.29, 0.717) is 17.0 Å². The number of nitrogens with one attached hydrogen (secondary N) is 1. The Kier molecular flexibility index (Phi) is 4.46. The zero-order valence-electron chi connectivity index (χ0n) is 13.4. The van der Waals surface area contributed by atoms with Gasteiger partial charge in [0.15, 0.2) is 6.61 Å². The molecule has 0 unspecified atom stereocenters. The Morgan fingerprint density at radius 3 is 2.79 bits per heavy atom. The number of nitrogens with zero attached hydrogens (tertiary/aromatic N) is 1. The van der Waals surface area contributed by atoms with Crippen LogP contribution in [0.4, 0.5) is 11.4 Å². The van der Waals surface area contributed by atoms with E-state index in [1.165, 1.54) is 17.2 Å². The summed E-state index contributed by atoms with van der Waals surface area (Å²) in [6.07, 6.45) is 3.31. The Hall–Kier alpha value is -2.89. The van der Waals surface area contributed by atoms with E-state index in [1.54, 1.807) is 19.1 Å². The number of nitro groups is 1. The predicted octanol–water partition coefficient (Wildman–Crippen LogP) is 3.41. The van der Waals surface area contributed by atoms with Crippen molar-refractivity contribution >= 4 is 17.3 Å². The molecular weight excluding hydrogens is 308 g/mol. The molecule has 2 aromatic rings. The summed E-state index contributed by atoms with van der Waals surface area (Å²) in [6.45, 7) is 1.52. The second kappa shape index (κ2) is 6.70. The van der Waals surface area contributed by atoms with Crippen LogP contribution < -0.4 is 10.1 Å². The van der Waals surface area contributed by atoms with Gasteiger partial charge in [0.1, 0.15) is 5.75 Å². The summed E-state index contributed by atoms with van der Waals surface area (Å²) in [4.78, 5) is 22.4. The van der Waals surface area contributed by atoms with E-state index in [-0.39, 0.29) is 18.2 Å². The van der Waals surface area contributed by atoms with Crippen molar-refractivity contribution in [1.82, 2.24) is 0 Å². The first-order valence-electron chi connectivity index (χ1n) is 7.82. The maximum atomic E-state index is 12.0. The molecule has 0 bridgehead atoms. The normalized spacial score (nSPS) is 12.5. The molecule has 6 heteroatoms. The zero-order chi connectivity index (χ0) is 17.1. The third-order valence-electron chi connectivity index (χ3n) is 4.13. The molecule has 0 aromatic heterocycles. The topological polar surface area (TPSA) is 81.5 Å². The van der Waals surface area contributed by atoms with Gasteiger partial charge in [-0.15, -0.1) is 0 Å². The predicted molar refractivity (Wildman–Crippen MR) is 90.4 cm³/mol. The first-order valence-corrected chi connectivity index (χ1v) is 7.82. The van der Waals surface area contributed by atoms with Gasteiger partial charge < -0.3 is 10.1 Å².